The second-order valence-corrected chi connectivity index (χ2v) is 8.99. The van der Waals surface area contributed by atoms with Gasteiger partial charge in [0.2, 0.25) is 0 Å². The van der Waals surface area contributed by atoms with Crippen molar-refractivity contribution in [2.75, 3.05) is 51.2 Å². The van der Waals surface area contributed by atoms with Crippen LogP contribution in [0.3, 0.4) is 0 Å². The molecule has 2 saturated heterocycles. The molecule has 31 heavy (non-hydrogen) atoms. The van der Waals surface area contributed by atoms with Crippen LogP contribution < -0.4 is 10.2 Å². The number of anilines is 1. The van der Waals surface area contributed by atoms with Gasteiger partial charge in [-0.05, 0) is 69.4 Å². The van der Waals surface area contributed by atoms with Gasteiger partial charge in [0.05, 0.1) is 10.0 Å². The van der Waals surface area contributed by atoms with E-state index in [1.807, 2.05) is 6.07 Å². The zero-order valence-electron chi connectivity index (χ0n) is 17.6. The van der Waals surface area contributed by atoms with E-state index in [2.05, 4.69) is 38.1 Å². The Hall–Kier alpha value is -0.336. The molecule has 0 amide bonds. The van der Waals surface area contributed by atoms with E-state index in [9.17, 15) is 8.78 Å². The number of piperidine rings is 1. The van der Waals surface area contributed by atoms with E-state index in [1.165, 1.54) is 50.6 Å². The van der Waals surface area contributed by atoms with Crippen LogP contribution in [0.4, 0.5) is 14.5 Å². The zero-order chi connectivity index (χ0) is 21.9. The first-order chi connectivity index (χ1) is 14.4. The van der Waals surface area contributed by atoms with Crippen molar-refractivity contribution in [2.45, 2.75) is 19.3 Å². The van der Waals surface area contributed by atoms with Crippen molar-refractivity contribution in [2.24, 2.45) is 0 Å². The molecule has 2 aromatic rings. The molecule has 0 spiro atoms. The summed E-state index contributed by atoms with van der Waals surface area (Å²) in [5.41, 5.74) is 0.911. The number of rotatable bonds is 1. The van der Waals surface area contributed by atoms with E-state index >= 15 is 0 Å². The minimum Gasteiger partial charge on any atom is -0.369 e. The Morgan fingerprint density at radius 1 is 0.839 bits per heavy atom. The van der Waals surface area contributed by atoms with Gasteiger partial charge in [-0.2, -0.15) is 0 Å². The second-order valence-electron chi connectivity index (χ2n) is 7.26. The Morgan fingerprint density at radius 3 is 1.84 bits per heavy atom. The smallest absolute Gasteiger partial charge is 0.143 e. The van der Waals surface area contributed by atoms with Gasteiger partial charge < -0.3 is 15.1 Å². The molecule has 0 saturated carbocycles. The molecule has 0 bridgehead atoms. The van der Waals surface area contributed by atoms with Crippen molar-refractivity contribution < 1.29 is 27.3 Å². The zero-order valence-corrected chi connectivity index (χ0v) is 22.1. The fraction of sp³-hybridized carbons (Fsp3) is 0.455. The number of nitrogens with one attached hydrogen (secondary N) is 1. The van der Waals surface area contributed by atoms with Gasteiger partial charge in [-0.3, -0.25) is 0 Å². The van der Waals surface area contributed by atoms with E-state index in [0.29, 0.717) is 4.47 Å². The third-order valence-electron chi connectivity index (χ3n) is 4.85. The number of benzene rings is 2. The summed E-state index contributed by atoms with van der Waals surface area (Å²) in [6.07, 6.45) is 4.28. The number of likely N-dealkylation sites (tertiary alicyclic amines) is 1. The molecule has 4 rings (SSSR count). The molecule has 0 unspecified atom stereocenters. The Labute approximate surface area is 214 Å². The summed E-state index contributed by atoms with van der Waals surface area (Å²) < 4.78 is 26.3. The molecule has 0 aromatic heterocycles. The monoisotopic (exact) mass is 572 g/mol. The molecule has 9 heteroatoms. The van der Waals surface area contributed by atoms with Gasteiger partial charge in [-0.15, -0.1) is 0 Å². The number of piperazine rings is 1. The van der Waals surface area contributed by atoms with Crippen molar-refractivity contribution in [3.8, 4) is 0 Å². The average molecular weight is 574 g/mol. The van der Waals surface area contributed by atoms with E-state index < -0.39 is 5.82 Å². The summed E-state index contributed by atoms with van der Waals surface area (Å²) in [5, 5.41) is 3.58. The largest absolute Gasteiger partial charge is 0.369 e. The molecule has 0 aliphatic carbocycles. The SMILES string of the molecule is CN1CCCCC1.Fc1cc(Br)ccc1Cl.Fc1cc(N2CCNCC2)ccc1Cl.[V]. The van der Waals surface area contributed by atoms with Crippen molar-refractivity contribution >= 4 is 44.8 Å². The Kier molecular flexibility index (Phi) is 14.3. The summed E-state index contributed by atoms with van der Waals surface area (Å²) in [6, 6.07) is 9.47. The fourth-order valence-corrected chi connectivity index (χ4v) is 3.70. The Balaban J connectivity index is 0.000000245. The van der Waals surface area contributed by atoms with Gasteiger partial charge in [0.1, 0.15) is 11.6 Å². The van der Waals surface area contributed by atoms with E-state index in [1.54, 1.807) is 12.1 Å². The van der Waals surface area contributed by atoms with E-state index in [0.717, 1.165) is 31.9 Å². The van der Waals surface area contributed by atoms with Gasteiger partial charge in [0.25, 0.3) is 0 Å². The van der Waals surface area contributed by atoms with E-state index in [4.69, 9.17) is 23.2 Å². The molecular weight excluding hydrogens is 546 g/mol. The first kappa shape index (κ1) is 28.7. The summed E-state index contributed by atoms with van der Waals surface area (Å²) in [5.74, 6) is -0.742. The van der Waals surface area contributed by atoms with Crippen LogP contribution in [0.25, 0.3) is 0 Å². The van der Waals surface area contributed by atoms with Crippen molar-refractivity contribution in [1.29, 1.82) is 0 Å². The molecule has 0 atom stereocenters. The summed E-state index contributed by atoms with van der Waals surface area (Å²) in [4.78, 5) is 4.54. The number of hydrogen-bond acceptors (Lipinski definition) is 3. The summed E-state index contributed by atoms with van der Waals surface area (Å²) in [7, 11) is 2.19. The van der Waals surface area contributed by atoms with Crippen LogP contribution in [0.2, 0.25) is 10.0 Å². The quantitative estimate of drug-likeness (QED) is 0.408. The molecule has 171 valence electrons. The third kappa shape index (κ3) is 10.9. The van der Waals surface area contributed by atoms with Crippen molar-refractivity contribution in [1.82, 2.24) is 10.2 Å². The predicted molar refractivity (Wildman–Crippen MR) is 127 cm³/mol. The molecule has 1 N–H and O–H groups in total. The van der Waals surface area contributed by atoms with Crippen LogP contribution in [0, 0.1) is 11.6 Å². The molecule has 1 radical (unpaired) electrons. The van der Waals surface area contributed by atoms with Crippen LogP contribution in [-0.4, -0.2) is 51.2 Å². The van der Waals surface area contributed by atoms with Gasteiger partial charge in [0.15, 0.2) is 0 Å². The van der Waals surface area contributed by atoms with Gasteiger partial charge in [-0.1, -0.05) is 45.6 Å². The Bertz CT molecular complexity index is 789. The Morgan fingerprint density at radius 2 is 1.39 bits per heavy atom. The van der Waals surface area contributed by atoms with Crippen molar-refractivity contribution in [3.05, 3.63) is 62.6 Å². The van der Waals surface area contributed by atoms with Crippen LogP contribution in [0.1, 0.15) is 19.3 Å². The van der Waals surface area contributed by atoms with Crippen molar-refractivity contribution in [3.63, 3.8) is 0 Å². The molecule has 3 nitrogen and oxygen atoms in total. The van der Waals surface area contributed by atoms with Crippen LogP contribution >= 0.6 is 39.1 Å². The third-order valence-corrected chi connectivity index (χ3v) is 5.95. The average Bonchev–Trinajstić information content (AvgIpc) is 2.75. The molecule has 2 fully saturated rings. The standard InChI is InChI=1S/C10H12ClFN2.C6H3BrClF.C6H13N.V/c11-9-2-1-8(7-10(9)12)14-5-3-13-4-6-14;7-4-1-2-5(8)6(9)3-4;1-7-5-3-2-4-6-7;/h1-2,7,13H,3-6H2;1-3H;2-6H2,1H3;. The first-order valence-electron chi connectivity index (χ1n) is 10.1. The topological polar surface area (TPSA) is 18.5 Å². The number of hydrogen-bond donors (Lipinski definition) is 1. The number of nitrogens with zero attached hydrogens (tertiary/aromatic N) is 2. The van der Waals surface area contributed by atoms with Gasteiger partial charge in [-0.25, -0.2) is 8.78 Å². The van der Waals surface area contributed by atoms with Crippen LogP contribution in [0.15, 0.2) is 40.9 Å². The minimum absolute atomic E-state index is 0. The predicted octanol–water partition coefficient (Wildman–Crippen LogP) is 6.23. The molecule has 2 aliphatic heterocycles. The maximum absolute atomic E-state index is 13.2. The molecule has 2 aromatic carbocycles. The van der Waals surface area contributed by atoms with Crippen LogP contribution in [0.5, 0.6) is 0 Å². The molecule has 2 heterocycles. The van der Waals surface area contributed by atoms with Gasteiger partial charge in [0, 0.05) is 54.9 Å². The van der Waals surface area contributed by atoms with Gasteiger partial charge >= 0.3 is 0 Å². The summed E-state index contributed by atoms with van der Waals surface area (Å²) >= 11 is 14.1. The summed E-state index contributed by atoms with van der Waals surface area (Å²) in [6.45, 7) is 6.37. The second kappa shape index (κ2) is 15.5. The minimum atomic E-state index is -0.397. The maximum atomic E-state index is 13.2. The van der Waals surface area contributed by atoms with Crippen LogP contribution in [-0.2, 0) is 18.6 Å². The first-order valence-corrected chi connectivity index (χ1v) is 11.6. The normalized spacial score (nSPS) is 16.3. The molecular formula is C22H28BrCl2F2N3V. The van der Waals surface area contributed by atoms with E-state index in [-0.39, 0.29) is 34.4 Å². The molecule has 2 aliphatic rings. The maximum Gasteiger partial charge on any atom is 0.143 e. The fourth-order valence-electron chi connectivity index (χ4n) is 3.13. The number of halogens is 5.